The highest BCUT2D eigenvalue weighted by atomic mass is 16.5. The molecule has 1 saturated carbocycles. The molecule has 1 amide bonds. The van der Waals surface area contributed by atoms with E-state index in [0.717, 1.165) is 37.7 Å². The number of aromatic amines is 1. The topological polar surface area (TPSA) is 117 Å². The Kier molecular flexibility index (Phi) is 6.67. The fourth-order valence-electron chi connectivity index (χ4n) is 4.81. The van der Waals surface area contributed by atoms with Crippen molar-refractivity contribution in [1.29, 1.82) is 0 Å². The maximum Gasteiger partial charge on any atom is 0.331 e. The van der Waals surface area contributed by atoms with Crippen LogP contribution >= 0.6 is 0 Å². The number of nitrogens with zero attached hydrogens (tertiary/aromatic N) is 3. The highest BCUT2D eigenvalue weighted by molar-refractivity contribution is 6.04. The summed E-state index contributed by atoms with van der Waals surface area (Å²) in [6.45, 7) is 4.09. The third-order valence-corrected chi connectivity index (χ3v) is 6.39. The molecule has 1 fully saturated rings. The van der Waals surface area contributed by atoms with E-state index in [2.05, 4.69) is 10.1 Å². The second-order valence-electron chi connectivity index (χ2n) is 8.45. The van der Waals surface area contributed by atoms with Crippen molar-refractivity contribution in [2.24, 2.45) is 5.10 Å². The van der Waals surface area contributed by atoms with E-state index in [1.54, 1.807) is 6.92 Å². The normalized spacial score (nSPS) is 18.9. The first-order valence-corrected chi connectivity index (χ1v) is 11.7. The zero-order valence-corrected chi connectivity index (χ0v) is 19.0. The van der Waals surface area contributed by atoms with Gasteiger partial charge in [0.05, 0.1) is 18.4 Å². The standard InChI is InChI=1S/C24H30N4O5/c1-3-20(29)28-18(16-12-8-9-13-19(16)33-4-2)14-17(26-28)21-22(30)25-24(32)27(23(21)31)15-10-6-5-7-11-15/h8-9,12-13,15,18,31H,3-7,10-11,14H2,1-2H3,(H,25,30,32). The van der Waals surface area contributed by atoms with Crippen molar-refractivity contribution in [2.45, 2.75) is 70.9 Å². The molecular weight excluding hydrogens is 424 g/mol. The van der Waals surface area contributed by atoms with Crippen LogP contribution in [0.4, 0.5) is 0 Å². The van der Waals surface area contributed by atoms with Crippen molar-refractivity contribution >= 4 is 11.6 Å². The fraction of sp³-hybridized carbons (Fsp3) is 0.500. The van der Waals surface area contributed by atoms with Gasteiger partial charge < -0.3 is 9.84 Å². The van der Waals surface area contributed by atoms with Crippen LogP contribution in [-0.4, -0.2) is 37.9 Å². The molecular formula is C24H30N4O5. The average Bonchev–Trinajstić information content (AvgIpc) is 3.24. The number of benzene rings is 1. The van der Waals surface area contributed by atoms with Crippen LogP contribution in [0.15, 0.2) is 39.0 Å². The molecule has 2 aromatic rings. The number of aromatic hydroxyl groups is 1. The lowest BCUT2D eigenvalue weighted by molar-refractivity contribution is -0.132. The third-order valence-electron chi connectivity index (χ3n) is 6.39. The van der Waals surface area contributed by atoms with Gasteiger partial charge in [-0.2, -0.15) is 5.10 Å². The Morgan fingerprint density at radius 3 is 2.61 bits per heavy atom. The van der Waals surface area contributed by atoms with Gasteiger partial charge in [-0.05, 0) is 25.8 Å². The number of carbonyl (C=O) groups is 1. The summed E-state index contributed by atoms with van der Waals surface area (Å²) in [5, 5.41) is 16.9. The lowest BCUT2D eigenvalue weighted by atomic mass is 9.94. The minimum Gasteiger partial charge on any atom is -0.494 e. The molecule has 9 nitrogen and oxygen atoms in total. The highest BCUT2D eigenvalue weighted by Gasteiger charge is 2.37. The molecule has 0 bridgehead atoms. The number of hydrazone groups is 1. The number of rotatable bonds is 6. The molecule has 1 aromatic carbocycles. The summed E-state index contributed by atoms with van der Waals surface area (Å²) < 4.78 is 7.05. The summed E-state index contributed by atoms with van der Waals surface area (Å²) in [7, 11) is 0. The van der Waals surface area contributed by atoms with Crippen molar-refractivity contribution < 1.29 is 14.6 Å². The number of hydrogen-bond donors (Lipinski definition) is 2. The predicted octanol–water partition coefficient (Wildman–Crippen LogP) is 3.23. The molecule has 1 aliphatic carbocycles. The van der Waals surface area contributed by atoms with Gasteiger partial charge in [-0.3, -0.25) is 19.1 Å². The van der Waals surface area contributed by atoms with Crippen LogP contribution < -0.4 is 16.0 Å². The van der Waals surface area contributed by atoms with Crippen LogP contribution in [0.1, 0.15) is 82.0 Å². The van der Waals surface area contributed by atoms with E-state index in [1.807, 2.05) is 31.2 Å². The lowest BCUT2D eigenvalue weighted by Gasteiger charge is -2.25. The van der Waals surface area contributed by atoms with Crippen molar-refractivity contribution in [3.8, 4) is 11.6 Å². The minimum atomic E-state index is -0.703. The van der Waals surface area contributed by atoms with Gasteiger partial charge in [-0.15, -0.1) is 0 Å². The number of H-pyrrole nitrogens is 1. The van der Waals surface area contributed by atoms with Gasteiger partial charge in [0.25, 0.3) is 5.56 Å². The molecule has 0 spiro atoms. The van der Waals surface area contributed by atoms with Gasteiger partial charge >= 0.3 is 5.69 Å². The molecule has 4 rings (SSSR count). The van der Waals surface area contributed by atoms with Crippen molar-refractivity contribution in [2.75, 3.05) is 6.61 Å². The number of amides is 1. The number of carbonyl (C=O) groups excluding carboxylic acids is 1. The summed E-state index contributed by atoms with van der Waals surface area (Å²) in [6, 6.07) is 6.76. The first-order valence-electron chi connectivity index (χ1n) is 11.7. The molecule has 1 atom stereocenters. The Balaban J connectivity index is 1.79. The lowest BCUT2D eigenvalue weighted by Crippen LogP contribution is -2.36. The zero-order valence-electron chi connectivity index (χ0n) is 19.0. The van der Waals surface area contributed by atoms with E-state index in [1.165, 1.54) is 9.58 Å². The minimum absolute atomic E-state index is 0.0505. The van der Waals surface area contributed by atoms with E-state index in [9.17, 15) is 19.5 Å². The average molecular weight is 455 g/mol. The molecule has 9 heteroatoms. The van der Waals surface area contributed by atoms with Crippen molar-refractivity contribution in [3.63, 3.8) is 0 Å². The Bertz CT molecular complexity index is 1180. The second kappa shape index (κ2) is 9.64. The summed E-state index contributed by atoms with van der Waals surface area (Å²) in [6.07, 6.45) is 4.97. The van der Waals surface area contributed by atoms with Crippen molar-refractivity contribution in [1.82, 2.24) is 14.6 Å². The molecule has 1 unspecified atom stereocenters. The molecule has 176 valence electrons. The number of nitrogens with one attached hydrogen (secondary N) is 1. The van der Waals surface area contributed by atoms with Gasteiger partial charge in [-0.25, -0.2) is 9.80 Å². The molecule has 1 aromatic heterocycles. The van der Waals surface area contributed by atoms with Gasteiger partial charge in [0.1, 0.15) is 11.3 Å². The van der Waals surface area contributed by atoms with Crippen LogP contribution in [0.3, 0.4) is 0 Å². The first-order chi connectivity index (χ1) is 16.0. The second-order valence-corrected chi connectivity index (χ2v) is 8.45. The maximum atomic E-state index is 12.8. The van der Waals surface area contributed by atoms with E-state index < -0.39 is 17.3 Å². The number of aromatic nitrogens is 2. The molecule has 0 radical (unpaired) electrons. The number of ether oxygens (including phenoxy) is 1. The van der Waals surface area contributed by atoms with E-state index in [4.69, 9.17) is 4.74 Å². The van der Waals surface area contributed by atoms with E-state index in [-0.39, 0.29) is 41.9 Å². The molecule has 2 N–H and O–H groups in total. The Labute approximate surface area is 191 Å². The van der Waals surface area contributed by atoms with Crippen molar-refractivity contribution in [3.05, 3.63) is 56.2 Å². The molecule has 1 aliphatic heterocycles. The molecule has 33 heavy (non-hydrogen) atoms. The number of hydrogen-bond acceptors (Lipinski definition) is 6. The Morgan fingerprint density at radius 1 is 1.18 bits per heavy atom. The van der Waals surface area contributed by atoms with Gasteiger partial charge in [0.15, 0.2) is 0 Å². The quantitative estimate of drug-likeness (QED) is 0.695. The monoisotopic (exact) mass is 454 g/mol. The largest absolute Gasteiger partial charge is 0.494 e. The van der Waals surface area contributed by atoms with Crippen LogP contribution in [0, 0.1) is 0 Å². The predicted molar refractivity (Wildman–Crippen MR) is 124 cm³/mol. The first kappa shape index (κ1) is 22.8. The third kappa shape index (κ3) is 4.31. The molecule has 2 heterocycles. The summed E-state index contributed by atoms with van der Waals surface area (Å²) in [5.41, 5.74) is -0.323. The Hall–Kier alpha value is -3.36. The highest BCUT2D eigenvalue weighted by Crippen LogP contribution is 2.39. The zero-order chi connectivity index (χ0) is 23.5. The van der Waals surface area contributed by atoms with Gasteiger partial charge in [0.2, 0.25) is 11.8 Å². The van der Waals surface area contributed by atoms with Crippen LogP contribution in [0.2, 0.25) is 0 Å². The molecule has 2 aliphatic rings. The number of para-hydroxylation sites is 1. The van der Waals surface area contributed by atoms with Gasteiger partial charge in [0, 0.05) is 24.4 Å². The van der Waals surface area contributed by atoms with Gasteiger partial charge in [-0.1, -0.05) is 44.4 Å². The van der Waals surface area contributed by atoms with E-state index in [0.29, 0.717) is 12.4 Å². The maximum absolute atomic E-state index is 12.8. The Morgan fingerprint density at radius 2 is 1.91 bits per heavy atom. The summed E-state index contributed by atoms with van der Waals surface area (Å²) >= 11 is 0. The summed E-state index contributed by atoms with van der Waals surface area (Å²) in [5.74, 6) is 0.0514. The SMILES string of the molecule is CCOc1ccccc1C1CC(c2c(O)n(C3CCCCC3)c(=O)[nH]c2=O)=NN1C(=O)CC. The van der Waals surface area contributed by atoms with Crippen LogP contribution in [0.5, 0.6) is 11.6 Å². The van der Waals surface area contributed by atoms with Crippen LogP contribution in [0.25, 0.3) is 0 Å². The summed E-state index contributed by atoms with van der Waals surface area (Å²) in [4.78, 5) is 40.5. The smallest absolute Gasteiger partial charge is 0.331 e. The van der Waals surface area contributed by atoms with Crippen LogP contribution in [-0.2, 0) is 4.79 Å². The van der Waals surface area contributed by atoms with E-state index >= 15 is 0 Å². The molecule has 0 saturated heterocycles. The fourth-order valence-corrected chi connectivity index (χ4v) is 4.81.